The van der Waals surface area contributed by atoms with Crippen molar-refractivity contribution in [2.24, 2.45) is 4.99 Å². The average Bonchev–Trinajstić information content (AvgIpc) is 2.49. The van der Waals surface area contributed by atoms with E-state index in [-0.39, 0.29) is 11.8 Å². The summed E-state index contributed by atoms with van der Waals surface area (Å²) in [5, 5.41) is 11.4. The van der Waals surface area contributed by atoms with Gasteiger partial charge in [-0.25, -0.2) is 0 Å². The van der Waals surface area contributed by atoms with Gasteiger partial charge in [0.05, 0.1) is 5.71 Å². The fraction of sp³-hybridized carbons (Fsp3) is 0.278. The van der Waals surface area contributed by atoms with E-state index in [1.165, 1.54) is 0 Å². The van der Waals surface area contributed by atoms with Crippen LogP contribution >= 0.6 is 23.2 Å². The molecule has 0 aliphatic heterocycles. The van der Waals surface area contributed by atoms with Crippen molar-refractivity contribution in [1.82, 2.24) is 0 Å². The van der Waals surface area contributed by atoms with Crippen LogP contribution in [0.4, 0.5) is 0 Å². The molecule has 0 aromatic heterocycles. The Morgan fingerprint density at radius 3 is 2.55 bits per heavy atom. The summed E-state index contributed by atoms with van der Waals surface area (Å²) < 4.78 is 0. The van der Waals surface area contributed by atoms with E-state index in [4.69, 9.17) is 28.2 Å². The Kier molecular flexibility index (Phi) is 5.87. The van der Waals surface area contributed by atoms with Gasteiger partial charge >= 0.3 is 0 Å². The number of hydrogen-bond acceptors (Lipinski definition) is 2. The molecule has 4 heteroatoms. The van der Waals surface area contributed by atoms with Gasteiger partial charge in [-0.3, -0.25) is 4.99 Å². The molecule has 0 saturated heterocycles. The van der Waals surface area contributed by atoms with Crippen LogP contribution in [0.15, 0.2) is 47.5 Å². The molecule has 2 aromatic rings. The van der Waals surface area contributed by atoms with E-state index in [1.807, 2.05) is 24.3 Å². The molecule has 1 atom stereocenters. The lowest BCUT2D eigenvalue weighted by atomic mass is 10.0. The molecular formula is C18H19Cl2NO. The number of halogens is 2. The van der Waals surface area contributed by atoms with E-state index in [1.54, 1.807) is 18.2 Å². The molecule has 2 rings (SSSR count). The third-order valence-corrected chi connectivity index (χ3v) is 3.96. The van der Waals surface area contributed by atoms with Crippen molar-refractivity contribution >= 4 is 28.9 Å². The van der Waals surface area contributed by atoms with Crippen LogP contribution < -0.4 is 0 Å². The summed E-state index contributed by atoms with van der Waals surface area (Å²) in [6.45, 7) is 4.18. The minimum Gasteiger partial charge on any atom is -0.507 e. The molecule has 0 fully saturated rings. The lowest BCUT2D eigenvalue weighted by molar-refractivity contribution is 0.474. The molecule has 0 aliphatic carbocycles. The number of aliphatic imine (C=N–C) groups is 1. The second-order valence-electron chi connectivity index (χ2n) is 5.26. The summed E-state index contributed by atoms with van der Waals surface area (Å²) in [4.78, 5) is 4.78. The van der Waals surface area contributed by atoms with Crippen molar-refractivity contribution in [2.45, 2.75) is 32.7 Å². The molecule has 0 amide bonds. The Morgan fingerprint density at radius 2 is 1.86 bits per heavy atom. The molecule has 2 nitrogen and oxygen atoms in total. The monoisotopic (exact) mass is 335 g/mol. The van der Waals surface area contributed by atoms with Gasteiger partial charge in [0.15, 0.2) is 0 Å². The van der Waals surface area contributed by atoms with Crippen LogP contribution in [0.5, 0.6) is 5.75 Å². The first-order valence-corrected chi connectivity index (χ1v) is 8.10. The molecule has 1 unspecified atom stereocenters. The summed E-state index contributed by atoms with van der Waals surface area (Å²) in [5.74, 6) is 0.145. The molecule has 0 saturated carbocycles. The van der Waals surface area contributed by atoms with E-state index in [0.717, 1.165) is 18.4 Å². The molecular weight excluding hydrogens is 317 g/mol. The zero-order valence-corrected chi connectivity index (χ0v) is 14.2. The summed E-state index contributed by atoms with van der Waals surface area (Å²) >= 11 is 12.4. The lowest BCUT2D eigenvalue weighted by Crippen LogP contribution is -2.10. The van der Waals surface area contributed by atoms with Gasteiger partial charge in [0, 0.05) is 27.2 Å². The number of nitrogens with zero attached hydrogens (tertiary/aromatic N) is 1. The summed E-state index contributed by atoms with van der Waals surface area (Å²) in [6.07, 6.45) is 2.01. The van der Waals surface area contributed by atoms with Crippen molar-refractivity contribution in [3.8, 4) is 5.75 Å². The van der Waals surface area contributed by atoms with Crippen LogP contribution in [0.2, 0.25) is 10.0 Å². The maximum Gasteiger partial charge on any atom is 0.125 e. The standard InChI is InChI=1S/C18H19Cl2NO/c1-3-6-12(2)21-18(14-7-4-5-8-16(14)20)15-11-13(19)9-10-17(15)22/h4-5,7-12,22H,3,6H2,1-2H3. The number of phenols is 1. The second kappa shape index (κ2) is 7.66. The second-order valence-corrected chi connectivity index (χ2v) is 6.10. The number of phenolic OH excluding ortho intramolecular Hbond substituents is 1. The van der Waals surface area contributed by atoms with Crippen LogP contribution in [0.1, 0.15) is 37.8 Å². The molecule has 0 aliphatic rings. The Labute approximate surface area is 141 Å². The van der Waals surface area contributed by atoms with Gasteiger partial charge in [0.2, 0.25) is 0 Å². The van der Waals surface area contributed by atoms with Crippen LogP contribution in [0.3, 0.4) is 0 Å². The number of rotatable bonds is 5. The van der Waals surface area contributed by atoms with Crippen molar-refractivity contribution in [3.63, 3.8) is 0 Å². The third-order valence-electron chi connectivity index (χ3n) is 3.40. The fourth-order valence-corrected chi connectivity index (χ4v) is 2.74. The lowest BCUT2D eigenvalue weighted by Gasteiger charge is -2.14. The molecule has 1 N–H and O–H groups in total. The smallest absolute Gasteiger partial charge is 0.125 e. The Morgan fingerprint density at radius 1 is 1.14 bits per heavy atom. The number of hydrogen-bond donors (Lipinski definition) is 1. The Hall–Kier alpha value is -1.51. The molecule has 0 heterocycles. The predicted octanol–water partition coefficient (Wildman–Crippen LogP) is 5.73. The highest BCUT2D eigenvalue weighted by atomic mass is 35.5. The quantitative estimate of drug-likeness (QED) is 0.695. The van der Waals surface area contributed by atoms with Gasteiger partial charge in [-0.05, 0) is 37.6 Å². The molecule has 0 bridgehead atoms. The van der Waals surface area contributed by atoms with Crippen LogP contribution in [-0.2, 0) is 0 Å². The van der Waals surface area contributed by atoms with Crippen LogP contribution in [-0.4, -0.2) is 16.9 Å². The van der Waals surface area contributed by atoms with Gasteiger partial charge in [0.1, 0.15) is 5.75 Å². The predicted molar refractivity (Wildman–Crippen MR) is 94.6 cm³/mol. The maximum atomic E-state index is 10.2. The minimum absolute atomic E-state index is 0.134. The number of benzene rings is 2. The molecule has 2 aromatic carbocycles. The van der Waals surface area contributed by atoms with E-state index >= 15 is 0 Å². The van der Waals surface area contributed by atoms with Crippen LogP contribution in [0.25, 0.3) is 0 Å². The van der Waals surface area contributed by atoms with Gasteiger partial charge in [0.25, 0.3) is 0 Å². The highest BCUT2D eigenvalue weighted by Gasteiger charge is 2.16. The molecule has 116 valence electrons. The third kappa shape index (κ3) is 4.02. The number of aromatic hydroxyl groups is 1. The van der Waals surface area contributed by atoms with Gasteiger partial charge in [-0.15, -0.1) is 0 Å². The minimum atomic E-state index is 0.134. The average molecular weight is 336 g/mol. The van der Waals surface area contributed by atoms with Gasteiger partial charge in [-0.1, -0.05) is 54.7 Å². The normalized spacial score (nSPS) is 13.2. The Bertz CT molecular complexity index is 683. The van der Waals surface area contributed by atoms with Gasteiger partial charge < -0.3 is 5.11 Å². The fourth-order valence-electron chi connectivity index (χ4n) is 2.34. The van der Waals surface area contributed by atoms with E-state index in [9.17, 15) is 5.11 Å². The van der Waals surface area contributed by atoms with E-state index in [2.05, 4.69) is 13.8 Å². The zero-order chi connectivity index (χ0) is 16.1. The van der Waals surface area contributed by atoms with Crippen molar-refractivity contribution in [1.29, 1.82) is 0 Å². The molecule has 0 radical (unpaired) electrons. The largest absolute Gasteiger partial charge is 0.507 e. The summed E-state index contributed by atoms with van der Waals surface area (Å²) in [5.41, 5.74) is 2.07. The SMILES string of the molecule is CCCC(C)N=C(c1cc(Cl)ccc1O)c1ccccc1Cl. The first-order valence-electron chi connectivity index (χ1n) is 7.34. The van der Waals surface area contributed by atoms with Crippen molar-refractivity contribution < 1.29 is 5.11 Å². The van der Waals surface area contributed by atoms with E-state index < -0.39 is 0 Å². The Balaban J connectivity index is 2.60. The van der Waals surface area contributed by atoms with E-state index in [0.29, 0.717) is 21.3 Å². The van der Waals surface area contributed by atoms with Crippen molar-refractivity contribution in [3.05, 3.63) is 63.6 Å². The molecule has 0 spiro atoms. The van der Waals surface area contributed by atoms with Crippen molar-refractivity contribution in [2.75, 3.05) is 0 Å². The topological polar surface area (TPSA) is 32.6 Å². The highest BCUT2D eigenvalue weighted by molar-refractivity contribution is 6.36. The zero-order valence-electron chi connectivity index (χ0n) is 12.7. The first kappa shape index (κ1) is 16.9. The molecule has 22 heavy (non-hydrogen) atoms. The van der Waals surface area contributed by atoms with Crippen LogP contribution in [0, 0.1) is 0 Å². The summed E-state index contributed by atoms with van der Waals surface area (Å²) in [7, 11) is 0. The first-order chi connectivity index (χ1) is 10.5. The highest BCUT2D eigenvalue weighted by Crippen LogP contribution is 2.28. The maximum absolute atomic E-state index is 10.2. The van der Waals surface area contributed by atoms with Gasteiger partial charge in [-0.2, -0.15) is 0 Å². The summed E-state index contributed by atoms with van der Waals surface area (Å²) in [6, 6.07) is 12.6.